The summed E-state index contributed by atoms with van der Waals surface area (Å²) in [6.07, 6.45) is 1.52. The summed E-state index contributed by atoms with van der Waals surface area (Å²) in [6.45, 7) is 1.46. The van der Waals surface area contributed by atoms with Gasteiger partial charge in [-0.3, -0.25) is 4.79 Å². The van der Waals surface area contributed by atoms with Crippen LogP contribution in [0.3, 0.4) is 0 Å². The fraction of sp³-hybridized carbons (Fsp3) is 0.308. The minimum Gasteiger partial charge on any atom is -0.495 e. The summed E-state index contributed by atoms with van der Waals surface area (Å²) in [4.78, 5) is 12.1. The number of aliphatic hydroxyl groups excluding tert-OH is 1. The van der Waals surface area contributed by atoms with Crippen molar-refractivity contribution < 1.29 is 14.6 Å². The molecule has 0 saturated heterocycles. The van der Waals surface area contributed by atoms with E-state index in [0.717, 1.165) is 0 Å². The summed E-state index contributed by atoms with van der Waals surface area (Å²) in [5.41, 5.74) is 0.960. The highest BCUT2D eigenvalue weighted by Crippen LogP contribution is 2.27. The fourth-order valence-corrected chi connectivity index (χ4v) is 1.94. The zero-order valence-electron chi connectivity index (χ0n) is 11.6. The van der Waals surface area contributed by atoms with Gasteiger partial charge in [0.25, 0.3) is 0 Å². The summed E-state index contributed by atoms with van der Waals surface area (Å²) < 4.78 is 6.43. The van der Waals surface area contributed by atoms with Crippen LogP contribution in [0.5, 0.6) is 5.75 Å². The van der Waals surface area contributed by atoms with Crippen LogP contribution in [0.25, 0.3) is 0 Å². The van der Waals surface area contributed by atoms with Crippen LogP contribution in [-0.2, 0) is 11.4 Å². The minimum atomic E-state index is -0.571. The van der Waals surface area contributed by atoms with Gasteiger partial charge in [0.1, 0.15) is 17.5 Å². The molecule has 2 rings (SSSR count). The maximum Gasteiger partial charge on any atom is 0.249 e. The van der Waals surface area contributed by atoms with Crippen molar-refractivity contribution in [1.29, 1.82) is 0 Å². The van der Waals surface area contributed by atoms with E-state index < -0.39 is 6.04 Å². The molecule has 8 heteroatoms. The van der Waals surface area contributed by atoms with Crippen molar-refractivity contribution in [3.05, 3.63) is 35.1 Å². The molecule has 0 aliphatic carbocycles. The quantitative estimate of drug-likeness (QED) is 0.876. The molecular formula is C13H15ClN4O3. The smallest absolute Gasteiger partial charge is 0.249 e. The molecule has 0 bridgehead atoms. The van der Waals surface area contributed by atoms with Crippen LogP contribution >= 0.6 is 11.6 Å². The van der Waals surface area contributed by atoms with Crippen LogP contribution in [0.1, 0.15) is 18.7 Å². The number of halogens is 1. The van der Waals surface area contributed by atoms with Gasteiger partial charge in [-0.25, -0.2) is 4.68 Å². The number of hydrogen-bond donors (Lipinski definition) is 2. The Labute approximate surface area is 126 Å². The first-order chi connectivity index (χ1) is 10.0. The summed E-state index contributed by atoms with van der Waals surface area (Å²) >= 11 is 6.00. The monoisotopic (exact) mass is 310 g/mol. The molecule has 0 saturated carbocycles. The lowest BCUT2D eigenvalue weighted by Crippen LogP contribution is -2.24. The van der Waals surface area contributed by atoms with Gasteiger partial charge in [0, 0.05) is 5.69 Å². The van der Waals surface area contributed by atoms with E-state index in [9.17, 15) is 4.79 Å². The normalized spacial score (nSPS) is 12.0. The molecule has 2 N–H and O–H groups in total. The second-order valence-corrected chi connectivity index (χ2v) is 4.77. The van der Waals surface area contributed by atoms with Gasteiger partial charge in [0.2, 0.25) is 5.91 Å². The van der Waals surface area contributed by atoms with Crippen molar-refractivity contribution in [2.24, 2.45) is 0 Å². The lowest BCUT2D eigenvalue weighted by Gasteiger charge is -2.12. The summed E-state index contributed by atoms with van der Waals surface area (Å²) in [5, 5.41) is 19.6. The van der Waals surface area contributed by atoms with E-state index in [0.29, 0.717) is 22.2 Å². The number of aliphatic hydroxyl groups is 1. The van der Waals surface area contributed by atoms with E-state index in [1.54, 1.807) is 25.1 Å². The lowest BCUT2D eigenvalue weighted by atomic mass is 10.2. The number of anilines is 1. The number of amides is 1. The Balaban J connectivity index is 2.08. The number of ether oxygens (including phenoxy) is 1. The van der Waals surface area contributed by atoms with Gasteiger partial charge in [-0.15, -0.1) is 5.10 Å². The molecule has 7 nitrogen and oxygen atoms in total. The zero-order chi connectivity index (χ0) is 15.4. The molecular weight excluding hydrogens is 296 g/mol. The van der Waals surface area contributed by atoms with Gasteiger partial charge in [0.05, 0.1) is 24.9 Å². The fourth-order valence-electron chi connectivity index (χ4n) is 1.69. The van der Waals surface area contributed by atoms with E-state index in [2.05, 4.69) is 15.6 Å². The zero-order valence-corrected chi connectivity index (χ0v) is 12.3. The molecule has 0 aliphatic rings. The van der Waals surface area contributed by atoms with Gasteiger partial charge in [-0.05, 0) is 25.1 Å². The molecule has 1 atom stereocenters. The van der Waals surface area contributed by atoms with Crippen molar-refractivity contribution in [1.82, 2.24) is 15.0 Å². The Morgan fingerprint density at radius 3 is 2.90 bits per heavy atom. The van der Waals surface area contributed by atoms with E-state index in [-0.39, 0.29) is 12.5 Å². The van der Waals surface area contributed by atoms with E-state index in [1.165, 1.54) is 18.0 Å². The summed E-state index contributed by atoms with van der Waals surface area (Å²) in [7, 11) is 1.52. The van der Waals surface area contributed by atoms with E-state index in [4.69, 9.17) is 21.4 Å². The van der Waals surface area contributed by atoms with Crippen LogP contribution in [0, 0.1) is 0 Å². The highest BCUT2D eigenvalue weighted by atomic mass is 35.5. The highest BCUT2D eigenvalue weighted by Gasteiger charge is 2.17. The van der Waals surface area contributed by atoms with Crippen LogP contribution in [0.4, 0.5) is 5.69 Å². The largest absolute Gasteiger partial charge is 0.495 e. The van der Waals surface area contributed by atoms with Crippen LogP contribution in [0.15, 0.2) is 24.4 Å². The molecule has 1 unspecified atom stereocenters. The Morgan fingerprint density at radius 1 is 1.57 bits per heavy atom. The molecule has 1 aromatic heterocycles. The maximum atomic E-state index is 12.1. The Hall–Kier alpha value is -2.12. The van der Waals surface area contributed by atoms with Crippen molar-refractivity contribution in [3.63, 3.8) is 0 Å². The first kappa shape index (κ1) is 15.3. The van der Waals surface area contributed by atoms with Gasteiger partial charge in [0.15, 0.2) is 0 Å². The third-order valence-corrected chi connectivity index (χ3v) is 3.21. The molecule has 1 aromatic carbocycles. The number of rotatable bonds is 5. The molecule has 112 valence electrons. The summed E-state index contributed by atoms with van der Waals surface area (Å²) in [6, 6.07) is 4.39. The number of carbonyl (C=O) groups excluding carboxylic acids is 1. The summed E-state index contributed by atoms with van der Waals surface area (Å²) in [5.74, 6) is 0.261. The topological polar surface area (TPSA) is 89.3 Å². The van der Waals surface area contributed by atoms with Gasteiger partial charge >= 0.3 is 0 Å². The number of hydrogen-bond acceptors (Lipinski definition) is 5. The maximum absolute atomic E-state index is 12.1. The third kappa shape index (κ3) is 3.50. The van der Waals surface area contributed by atoms with Crippen molar-refractivity contribution >= 4 is 23.2 Å². The second-order valence-electron chi connectivity index (χ2n) is 4.36. The standard InChI is InChI=1S/C13H15ClN4O3/c1-8(18-6-10(7-19)16-17-18)13(20)15-9-3-4-12(21-2)11(14)5-9/h3-6,8,19H,7H2,1-2H3,(H,15,20). The highest BCUT2D eigenvalue weighted by molar-refractivity contribution is 6.32. The average Bonchev–Trinajstić information content (AvgIpc) is 2.95. The number of carbonyl (C=O) groups is 1. The molecule has 0 radical (unpaired) electrons. The molecule has 0 spiro atoms. The number of methoxy groups -OCH3 is 1. The Bertz CT molecular complexity index is 644. The van der Waals surface area contributed by atoms with Crippen molar-refractivity contribution in [2.45, 2.75) is 19.6 Å². The van der Waals surface area contributed by atoms with Crippen molar-refractivity contribution in [3.8, 4) is 5.75 Å². The third-order valence-electron chi connectivity index (χ3n) is 2.92. The first-order valence-corrected chi connectivity index (χ1v) is 6.59. The predicted octanol–water partition coefficient (Wildman–Crippen LogP) is 1.63. The van der Waals surface area contributed by atoms with Crippen LogP contribution in [0.2, 0.25) is 5.02 Å². The van der Waals surface area contributed by atoms with Gasteiger partial charge in [-0.1, -0.05) is 16.8 Å². The number of nitrogens with one attached hydrogen (secondary N) is 1. The molecule has 21 heavy (non-hydrogen) atoms. The van der Waals surface area contributed by atoms with Gasteiger partial charge < -0.3 is 15.2 Å². The van der Waals surface area contributed by atoms with Gasteiger partial charge in [-0.2, -0.15) is 0 Å². The second kappa shape index (κ2) is 6.55. The average molecular weight is 311 g/mol. The number of benzene rings is 1. The Morgan fingerprint density at radius 2 is 2.33 bits per heavy atom. The Kier molecular flexibility index (Phi) is 4.77. The van der Waals surface area contributed by atoms with Crippen molar-refractivity contribution in [2.75, 3.05) is 12.4 Å². The lowest BCUT2D eigenvalue weighted by molar-refractivity contribution is -0.119. The predicted molar refractivity (Wildman–Crippen MR) is 77.3 cm³/mol. The molecule has 0 aliphatic heterocycles. The molecule has 1 heterocycles. The SMILES string of the molecule is COc1ccc(NC(=O)C(C)n2cc(CO)nn2)cc1Cl. The first-order valence-electron chi connectivity index (χ1n) is 6.21. The number of nitrogens with zero attached hydrogens (tertiary/aromatic N) is 3. The molecule has 0 fully saturated rings. The molecule has 2 aromatic rings. The van der Waals surface area contributed by atoms with Crippen LogP contribution < -0.4 is 10.1 Å². The molecule has 1 amide bonds. The van der Waals surface area contributed by atoms with E-state index in [1.807, 2.05) is 0 Å². The minimum absolute atomic E-state index is 0.220. The number of aromatic nitrogens is 3. The van der Waals surface area contributed by atoms with E-state index >= 15 is 0 Å². The van der Waals surface area contributed by atoms with Crippen LogP contribution in [-0.4, -0.2) is 33.1 Å².